The van der Waals surface area contributed by atoms with Gasteiger partial charge in [0, 0.05) is 25.8 Å². The molecule has 2 aromatic heterocycles. The van der Waals surface area contributed by atoms with E-state index in [1.165, 1.54) is 0 Å². The molecule has 0 atom stereocenters. The van der Waals surface area contributed by atoms with Gasteiger partial charge in [0.25, 0.3) is 5.91 Å². The Morgan fingerprint density at radius 3 is 2.59 bits per heavy atom. The standard InChI is InChI=1S/C21H24N4O2/c1-16-9-10-19(27-16)20-18(15-25(22-20)17-7-4-3-5-8-17)21(26)24-12-6-11-23(2)13-14-24/h3-5,7-10,15H,6,11-14H2,1-2H3. The monoisotopic (exact) mass is 364 g/mol. The summed E-state index contributed by atoms with van der Waals surface area (Å²) in [5.41, 5.74) is 2.09. The molecule has 0 N–H and O–H groups in total. The van der Waals surface area contributed by atoms with Crippen LogP contribution in [0.4, 0.5) is 0 Å². The second kappa shape index (κ2) is 7.40. The number of benzene rings is 1. The van der Waals surface area contributed by atoms with Crippen molar-refractivity contribution in [2.75, 3.05) is 33.2 Å². The van der Waals surface area contributed by atoms with Crippen molar-refractivity contribution in [2.45, 2.75) is 13.3 Å². The maximum atomic E-state index is 13.3. The Labute approximate surface area is 159 Å². The summed E-state index contributed by atoms with van der Waals surface area (Å²) >= 11 is 0. The van der Waals surface area contributed by atoms with Crippen LogP contribution in [0.5, 0.6) is 0 Å². The molecule has 1 amide bonds. The van der Waals surface area contributed by atoms with Crippen LogP contribution in [0.25, 0.3) is 17.1 Å². The number of amides is 1. The van der Waals surface area contributed by atoms with Gasteiger partial charge in [-0.2, -0.15) is 5.10 Å². The number of aromatic nitrogens is 2. The molecule has 1 aliphatic heterocycles. The second-order valence-electron chi connectivity index (χ2n) is 7.03. The molecule has 1 aromatic carbocycles. The molecule has 3 heterocycles. The van der Waals surface area contributed by atoms with Crippen LogP contribution < -0.4 is 0 Å². The van der Waals surface area contributed by atoms with Crippen LogP contribution in [-0.4, -0.2) is 58.7 Å². The van der Waals surface area contributed by atoms with E-state index in [0.29, 0.717) is 17.0 Å². The number of aryl methyl sites for hydroxylation is 1. The Bertz CT molecular complexity index is 929. The molecule has 140 valence electrons. The molecule has 27 heavy (non-hydrogen) atoms. The lowest BCUT2D eigenvalue weighted by Gasteiger charge is -2.20. The summed E-state index contributed by atoms with van der Waals surface area (Å²) in [4.78, 5) is 17.5. The van der Waals surface area contributed by atoms with E-state index >= 15 is 0 Å². The molecule has 0 saturated carbocycles. The molecular formula is C21H24N4O2. The van der Waals surface area contributed by atoms with Gasteiger partial charge in [-0.25, -0.2) is 4.68 Å². The SMILES string of the molecule is Cc1ccc(-c2nn(-c3ccccc3)cc2C(=O)N2CCCN(C)CC2)o1. The van der Waals surface area contributed by atoms with Crippen molar-refractivity contribution in [2.24, 2.45) is 0 Å². The van der Waals surface area contributed by atoms with Crippen LogP contribution in [0.3, 0.4) is 0 Å². The molecule has 0 bridgehead atoms. The first-order valence-corrected chi connectivity index (χ1v) is 9.31. The summed E-state index contributed by atoms with van der Waals surface area (Å²) < 4.78 is 7.54. The van der Waals surface area contributed by atoms with Gasteiger partial charge in [-0.15, -0.1) is 0 Å². The highest BCUT2D eigenvalue weighted by Crippen LogP contribution is 2.27. The fraction of sp³-hybridized carbons (Fsp3) is 0.333. The maximum absolute atomic E-state index is 13.3. The first-order chi connectivity index (χ1) is 13.1. The van der Waals surface area contributed by atoms with E-state index in [0.717, 1.165) is 44.0 Å². The minimum Gasteiger partial charge on any atom is -0.460 e. The number of furan rings is 1. The maximum Gasteiger partial charge on any atom is 0.257 e. The molecule has 0 aliphatic carbocycles. The quantitative estimate of drug-likeness (QED) is 0.716. The molecule has 0 spiro atoms. The molecule has 0 unspecified atom stereocenters. The first kappa shape index (κ1) is 17.5. The van der Waals surface area contributed by atoms with Crippen molar-refractivity contribution < 1.29 is 9.21 Å². The van der Waals surface area contributed by atoms with Gasteiger partial charge in [-0.1, -0.05) is 18.2 Å². The van der Waals surface area contributed by atoms with Gasteiger partial charge in [0.15, 0.2) is 5.76 Å². The number of para-hydroxylation sites is 1. The summed E-state index contributed by atoms with van der Waals surface area (Å²) in [6.07, 6.45) is 2.80. The summed E-state index contributed by atoms with van der Waals surface area (Å²) in [5, 5.41) is 4.68. The summed E-state index contributed by atoms with van der Waals surface area (Å²) in [6.45, 7) is 5.27. The predicted molar refractivity (Wildman–Crippen MR) is 104 cm³/mol. The third kappa shape index (κ3) is 3.66. The highest BCUT2D eigenvalue weighted by molar-refractivity contribution is 5.99. The van der Waals surface area contributed by atoms with Crippen LogP contribution in [-0.2, 0) is 0 Å². The van der Waals surface area contributed by atoms with Crippen LogP contribution in [0.1, 0.15) is 22.5 Å². The van der Waals surface area contributed by atoms with Gasteiger partial charge < -0.3 is 14.2 Å². The number of hydrogen-bond acceptors (Lipinski definition) is 4. The Morgan fingerprint density at radius 2 is 1.85 bits per heavy atom. The second-order valence-corrected chi connectivity index (χ2v) is 7.03. The number of likely N-dealkylation sites (N-methyl/N-ethyl adjacent to an activating group) is 1. The summed E-state index contributed by atoms with van der Waals surface area (Å²) in [7, 11) is 2.10. The van der Waals surface area contributed by atoms with E-state index < -0.39 is 0 Å². The zero-order chi connectivity index (χ0) is 18.8. The van der Waals surface area contributed by atoms with Gasteiger partial charge >= 0.3 is 0 Å². The van der Waals surface area contributed by atoms with Crippen molar-refractivity contribution in [3.05, 3.63) is 60.0 Å². The van der Waals surface area contributed by atoms with Gasteiger partial charge in [-0.05, 0) is 51.2 Å². The Morgan fingerprint density at radius 1 is 1.04 bits per heavy atom. The topological polar surface area (TPSA) is 54.5 Å². The van der Waals surface area contributed by atoms with E-state index in [1.54, 1.807) is 4.68 Å². The lowest BCUT2D eigenvalue weighted by molar-refractivity contribution is 0.0763. The third-order valence-corrected chi connectivity index (χ3v) is 4.95. The van der Waals surface area contributed by atoms with Gasteiger partial charge in [0.2, 0.25) is 0 Å². The van der Waals surface area contributed by atoms with Gasteiger partial charge in [0.05, 0.1) is 11.3 Å². The number of nitrogens with zero attached hydrogens (tertiary/aromatic N) is 4. The van der Waals surface area contributed by atoms with Crippen molar-refractivity contribution >= 4 is 5.91 Å². The molecule has 1 fully saturated rings. The van der Waals surface area contributed by atoms with Crippen LogP contribution in [0.15, 0.2) is 53.1 Å². The number of carbonyl (C=O) groups is 1. The normalized spacial score (nSPS) is 15.7. The van der Waals surface area contributed by atoms with E-state index in [1.807, 2.05) is 60.5 Å². The largest absolute Gasteiger partial charge is 0.460 e. The highest BCUT2D eigenvalue weighted by Gasteiger charge is 2.26. The average Bonchev–Trinajstić information content (AvgIpc) is 3.25. The first-order valence-electron chi connectivity index (χ1n) is 9.31. The summed E-state index contributed by atoms with van der Waals surface area (Å²) in [5.74, 6) is 1.43. The molecule has 1 aliphatic rings. The van der Waals surface area contributed by atoms with Crippen molar-refractivity contribution in [1.29, 1.82) is 0 Å². The van der Waals surface area contributed by atoms with Gasteiger partial charge in [0.1, 0.15) is 11.5 Å². The van der Waals surface area contributed by atoms with Crippen molar-refractivity contribution in [1.82, 2.24) is 19.6 Å². The number of rotatable bonds is 3. The minimum absolute atomic E-state index is 0.0107. The summed E-state index contributed by atoms with van der Waals surface area (Å²) in [6, 6.07) is 13.6. The molecule has 1 saturated heterocycles. The Balaban J connectivity index is 1.73. The van der Waals surface area contributed by atoms with Crippen molar-refractivity contribution in [3.63, 3.8) is 0 Å². The molecule has 0 radical (unpaired) electrons. The molecule has 6 nitrogen and oxygen atoms in total. The lowest BCUT2D eigenvalue weighted by Crippen LogP contribution is -2.34. The molecular weight excluding hydrogens is 340 g/mol. The van der Waals surface area contributed by atoms with E-state index in [9.17, 15) is 4.79 Å². The van der Waals surface area contributed by atoms with Crippen LogP contribution in [0, 0.1) is 6.92 Å². The fourth-order valence-corrected chi connectivity index (χ4v) is 3.41. The Hall–Kier alpha value is -2.86. The molecule has 6 heteroatoms. The zero-order valence-corrected chi connectivity index (χ0v) is 15.8. The van der Waals surface area contributed by atoms with Crippen LogP contribution >= 0.6 is 0 Å². The average molecular weight is 364 g/mol. The van der Waals surface area contributed by atoms with Crippen LogP contribution in [0.2, 0.25) is 0 Å². The van der Waals surface area contributed by atoms with E-state index in [4.69, 9.17) is 4.42 Å². The predicted octanol–water partition coefficient (Wildman–Crippen LogP) is 3.22. The minimum atomic E-state index is 0.0107. The van der Waals surface area contributed by atoms with Gasteiger partial charge in [-0.3, -0.25) is 4.79 Å². The third-order valence-electron chi connectivity index (χ3n) is 4.95. The lowest BCUT2D eigenvalue weighted by atomic mass is 10.2. The smallest absolute Gasteiger partial charge is 0.257 e. The zero-order valence-electron chi connectivity index (χ0n) is 15.8. The van der Waals surface area contributed by atoms with E-state index in [-0.39, 0.29) is 5.91 Å². The molecule has 4 rings (SSSR count). The van der Waals surface area contributed by atoms with E-state index in [2.05, 4.69) is 17.0 Å². The Kier molecular flexibility index (Phi) is 4.81. The fourth-order valence-electron chi connectivity index (χ4n) is 3.41. The van der Waals surface area contributed by atoms with Crippen molar-refractivity contribution in [3.8, 4) is 17.1 Å². The number of carbonyl (C=O) groups excluding carboxylic acids is 1. The highest BCUT2D eigenvalue weighted by atomic mass is 16.3. The number of hydrogen-bond donors (Lipinski definition) is 0. The molecule has 3 aromatic rings.